The van der Waals surface area contributed by atoms with E-state index in [1.165, 1.54) is 0 Å². The van der Waals surface area contributed by atoms with Gasteiger partial charge in [0.05, 0.1) is 0 Å². The van der Waals surface area contributed by atoms with Crippen molar-refractivity contribution in [3.8, 4) is 0 Å². The molecule has 0 aliphatic heterocycles. The molecule has 0 aliphatic rings. The van der Waals surface area contributed by atoms with Crippen LogP contribution in [-0.4, -0.2) is 56.4 Å². The smallest absolute Gasteiger partial charge is 0.320 e. The molecule has 124 valence electrons. The number of hydrogen-bond donors (Lipinski definition) is 6. The van der Waals surface area contributed by atoms with Crippen molar-refractivity contribution in [1.29, 1.82) is 0 Å². The van der Waals surface area contributed by atoms with Gasteiger partial charge in [-0.2, -0.15) is 0 Å². The fraction of sp³-hybridized carbons (Fsp3) is 0.600. The monoisotopic (exact) mass is 350 g/mol. The quantitative estimate of drug-likeness (QED) is 0.280. The van der Waals surface area contributed by atoms with Gasteiger partial charge in [-0.25, -0.2) is 0 Å². The molecule has 0 aromatic carbocycles. The Bertz CT molecular complexity index is 329. The molecule has 0 bridgehead atoms. The second-order valence-electron chi connectivity index (χ2n) is 3.75. The van der Waals surface area contributed by atoms with Crippen molar-refractivity contribution in [2.45, 2.75) is 37.8 Å². The first-order valence-corrected chi connectivity index (χ1v) is 5.48. The summed E-state index contributed by atoms with van der Waals surface area (Å²) < 4.78 is 0. The molecule has 0 aromatic rings. The van der Waals surface area contributed by atoms with E-state index in [0.717, 1.165) is 0 Å². The molecule has 10 nitrogen and oxygen atoms in total. The van der Waals surface area contributed by atoms with Crippen LogP contribution in [0.5, 0.6) is 0 Å². The largest absolute Gasteiger partial charge is 0.481 e. The molecular formula is C10H18FeN2O8. The van der Waals surface area contributed by atoms with Crippen LogP contribution in [-0.2, 0) is 36.2 Å². The first kappa shape index (κ1) is 24.3. The van der Waals surface area contributed by atoms with Gasteiger partial charge >= 0.3 is 23.9 Å². The minimum atomic E-state index is -1.17. The van der Waals surface area contributed by atoms with E-state index in [-0.39, 0.29) is 42.8 Å². The van der Waals surface area contributed by atoms with Crippen molar-refractivity contribution < 1.29 is 56.7 Å². The van der Waals surface area contributed by atoms with Gasteiger partial charge in [-0.1, -0.05) is 0 Å². The molecule has 0 heterocycles. The Labute approximate surface area is 130 Å². The molecule has 2 atom stereocenters. The van der Waals surface area contributed by atoms with Crippen LogP contribution in [0, 0.1) is 0 Å². The zero-order valence-electron chi connectivity index (χ0n) is 10.9. The van der Waals surface area contributed by atoms with Gasteiger partial charge in [0.25, 0.3) is 0 Å². The summed E-state index contributed by atoms with van der Waals surface area (Å²) in [5.41, 5.74) is 10.0. The average molecular weight is 350 g/mol. The number of carboxylic acids is 4. The van der Waals surface area contributed by atoms with Crippen LogP contribution in [0.25, 0.3) is 0 Å². The molecule has 0 aliphatic carbocycles. The second kappa shape index (κ2) is 13.3. The third kappa shape index (κ3) is 18.3. The summed E-state index contributed by atoms with van der Waals surface area (Å²) in [5.74, 6) is -4.39. The Morgan fingerprint density at radius 1 is 0.714 bits per heavy atom. The van der Waals surface area contributed by atoms with Gasteiger partial charge in [-0.15, -0.1) is 0 Å². The summed E-state index contributed by atoms with van der Waals surface area (Å²) in [6.07, 6.45) is -0.448. The molecule has 8 N–H and O–H groups in total. The molecular weight excluding hydrogens is 332 g/mol. The van der Waals surface area contributed by atoms with Gasteiger partial charge in [0.2, 0.25) is 0 Å². The molecule has 21 heavy (non-hydrogen) atoms. The van der Waals surface area contributed by atoms with Gasteiger partial charge in [-0.3, -0.25) is 19.2 Å². The van der Waals surface area contributed by atoms with Gasteiger partial charge in [0.15, 0.2) is 0 Å². The van der Waals surface area contributed by atoms with E-state index in [4.69, 9.17) is 31.9 Å². The molecule has 0 saturated heterocycles. The summed E-state index contributed by atoms with van der Waals surface area (Å²) in [5, 5.41) is 32.5. The summed E-state index contributed by atoms with van der Waals surface area (Å²) >= 11 is 0. The minimum absolute atomic E-state index is 0. The first-order valence-electron chi connectivity index (χ1n) is 5.48. The van der Waals surface area contributed by atoms with E-state index >= 15 is 0 Å². The number of rotatable bonds is 8. The van der Waals surface area contributed by atoms with E-state index < -0.39 is 36.0 Å². The number of aliphatic carboxylic acids is 4. The molecule has 11 heteroatoms. The van der Waals surface area contributed by atoms with Crippen molar-refractivity contribution in [3.63, 3.8) is 0 Å². The molecule has 0 saturated carbocycles. The Morgan fingerprint density at radius 3 is 1.10 bits per heavy atom. The molecule has 0 fully saturated rings. The maximum absolute atomic E-state index is 9.99. The molecule has 0 rings (SSSR count). The third-order valence-electron chi connectivity index (χ3n) is 1.97. The fourth-order valence-electron chi connectivity index (χ4n) is 0.805. The Hall–Kier alpha value is -1.68. The summed E-state index contributed by atoms with van der Waals surface area (Å²) in [6.45, 7) is 0. The van der Waals surface area contributed by atoms with E-state index in [1.54, 1.807) is 0 Å². The van der Waals surface area contributed by atoms with E-state index in [2.05, 4.69) is 0 Å². The summed E-state index contributed by atoms with van der Waals surface area (Å²) in [4.78, 5) is 39.7. The van der Waals surface area contributed by atoms with Gasteiger partial charge in [-0.05, 0) is 12.8 Å². The van der Waals surface area contributed by atoms with Crippen molar-refractivity contribution in [2.75, 3.05) is 0 Å². The van der Waals surface area contributed by atoms with E-state index in [9.17, 15) is 19.2 Å². The Balaban J connectivity index is -0.000000295. The van der Waals surface area contributed by atoms with Crippen molar-refractivity contribution in [2.24, 2.45) is 11.5 Å². The van der Waals surface area contributed by atoms with Crippen LogP contribution in [0.4, 0.5) is 0 Å². The average Bonchev–Trinajstić information content (AvgIpc) is 2.33. The maximum atomic E-state index is 9.99. The van der Waals surface area contributed by atoms with Gasteiger partial charge in [0, 0.05) is 29.9 Å². The number of hydrogen-bond acceptors (Lipinski definition) is 6. The SMILES string of the molecule is N[C@H](CCC(=O)O)C(=O)O.N[C@H](CCC(=O)O)C(=O)O.[Fe]. The van der Waals surface area contributed by atoms with Crippen LogP contribution >= 0.6 is 0 Å². The Morgan fingerprint density at radius 2 is 0.952 bits per heavy atom. The predicted molar refractivity (Wildman–Crippen MR) is 65.0 cm³/mol. The van der Waals surface area contributed by atoms with Crippen LogP contribution < -0.4 is 11.5 Å². The number of nitrogens with two attached hydrogens (primary N) is 2. The third-order valence-corrected chi connectivity index (χ3v) is 1.97. The predicted octanol–water partition coefficient (Wildman–Crippen LogP) is -1.48. The minimum Gasteiger partial charge on any atom is -0.481 e. The molecule has 0 amide bonds. The zero-order chi connectivity index (χ0) is 16.3. The Kier molecular flexibility index (Phi) is 15.4. The first-order chi connectivity index (χ1) is 9.07. The zero-order valence-corrected chi connectivity index (χ0v) is 12.0. The van der Waals surface area contributed by atoms with Crippen molar-refractivity contribution >= 4 is 23.9 Å². The standard InChI is InChI=1S/2C5H9NO4.Fe/c2*6-3(5(9)10)1-2-4(7)8;/h2*3H,1-2,6H2,(H,7,8)(H,9,10);/t2*3-;/m11./s1. The van der Waals surface area contributed by atoms with E-state index in [0.29, 0.717) is 0 Å². The summed E-state index contributed by atoms with van der Waals surface area (Å²) in [6, 6.07) is -2.12. The van der Waals surface area contributed by atoms with Crippen molar-refractivity contribution in [3.05, 3.63) is 0 Å². The number of carbonyl (C=O) groups is 4. The number of carboxylic acid groups (broad SMARTS) is 4. The normalized spacial score (nSPS) is 11.9. The van der Waals surface area contributed by atoms with Crippen LogP contribution in [0.3, 0.4) is 0 Å². The van der Waals surface area contributed by atoms with E-state index in [1.807, 2.05) is 0 Å². The topological polar surface area (TPSA) is 201 Å². The molecule has 0 aromatic heterocycles. The second-order valence-corrected chi connectivity index (χ2v) is 3.75. The van der Waals surface area contributed by atoms with Crippen molar-refractivity contribution in [1.82, 2.24) is 0 Å². The van der Waals surface area contributed by atoms with Crippen LogP contribution in [0.2, 0.25) is 0 Å². The summed E-state index contributed by atoms with van der Waals surface area (Å²) in [7, 11) is 0. The fourth-order valence-corrected chi connectivity index (χ4v) is 0.805. The van der Waals surface area contributed by atoms with Crippen LogP contribution in [0.15, 0.2) is 0 Å². The maximum Gasteiger partial charge on any atom is 0.320 e. The van der Waals surface area contributed by atoms with Gasteiger partial charge < -0.3 is 31.9 Å². The van der Waals surface area contributed by atoms with Crippen LogP contribution in [0.1, 0.15) is 25.7 Å². The van der Waals surface area contributed by atoms with Gasteiger partial charge in [0.1, 0.15) is 12.1 Å². The molecule has 0 radical (unpaired) electrons. The molecule has 0 unspecified atom stereocenters. The molecule has 0 spiro atoms.